The zero-order valence-electron chi connectivity index (χ0n) is 6.53. The van der Waals surface area contributed by atoms with E-state index >= 15 is 0 Å². The third kappa shape index (κ3) is 5.06. The zero-order chi connectivity index (χ0) is 9.07. The molecule has 0 spiro atoms. The standard InChI is InChI=1S/C6H13NO3S/c1-6(2,10)7-4(3-11)5(8)9/h4,7,10-11H,3H2,1-2H3,(H,8,9). The first-order chi connectivity index (χ1) is 4.87. The normalized spacial score (nSPS) is 14.5. The summed E-state index contributed by atoms with van der Waals surface area (Å²) in [4.78, 5) is 10.4. The van der Waals surface area contributed by atoms with Crippen LogP contribution in [0.1, 0.15) is 13.8 Å². The van der Waals surface area contributed by atoms with Crippen molar-refractivity contribution in [2.75, 3.05) is 5.75 Å². The average molecular weight is 179 g/mol. The molecule has 0 aliphatic heterocycles. The van der Waals surface area contributed by atoms with Gasteiger partial charge in [0.05, 0.1) is 0 Å². The molecule has 0 aliphatic carbocycles. The van der Waals surface area contributed by atoms with Crippen LogP contribution in [-0.4, -0.2) is 33.7 Å². The second kappa shape index (κ2) is 3.94. The zero-order valence-corrected chi connectivity index (χ0v) is 7.43. The highest BCUT2D eigenvalue weighted by atomic mass is 32.1. The fraction of sp³-hybridized carbons (Fsp3) is 0.833. The van der Waals surface area contributed by atoms with Crippen molar-refractivity contribution < 1.29 is 15.0 Å². The molecular weight excluding hydrogens is 166 g/mol. The van der Waals surface area contributed by atoms with Crippen molar-refractivity contribution in [2.45, 2.75) is 25.6 Å². The summed E-state index contributed by atoms with van der Waals surface area (Å²) >= 11 is 3.81. The van der Waals surface area contributed by atoms with Gasteiger partial charge in [-0.05, 0) is 13.8 Å². The third-order valence-electron chi connectivity index (χ3n) is 1.01. The van der Waals surface area contributed by atoms with Gasteiger partial charge in [-0.3, -0.25) is 10.1 Å². The van der Waals surface area contributed by atoms with Crippen molar-refractivity contribution in [3.63, 3.8) is 0 Å². The van der Waals surface area contributed by atoms with Gasteiger partial charge >= 0.3 is 5.97 Å². The van der Waals surface area contributed by atoms with Crippen LogP contribution in [0.25, 0.3) is 0 Å². The summed E-state index contributed by atoms with van der Waals surface area (Å²) in [5.74, 6) is -0.860. The Hall–Kier alpha value is -0.260. The largest absolute Gasteiger partial charge is 0.480 e. The molecule has 1 unspecified atom stereocenters. The molecule has 0 amide bonds. The molecule has 3 N–H and O–H groups in total. The Morgan fingerprint density at radius 2 is 2.18 bits per heavy atom. The van der Waals surface area contributed by atoms with Gasteiger partial charge in [0.1, 0.15) is 11.8 Å². The van der Waals surface area contributed by atoms with Crippen LogP contribution >= 0.6 is 12.6 Å². The van der Waals surface area contributed by atoms with E-state index in [0.29, 0.717) is 0 Å². The van der Waals surface area contributed by atoms with Crippen LogP contribution in [-0.2, 0) is 4.79 Å². The number of aliphatic carboxylic acids is 1. The molecule has 5 heteroatoms. The van der Waals surface area contributed by atoms with E-state index in [1.165, 1.54) is 13.8 Å². The quantitative estimate of drug-likeness (QED) is 0.353. The smallest absolute Gasteiger partial charge is 0.321 e. The van der Waals surface area contributed by atoms with Crippen LogP contribution in [0.4, 0.5) is 0 Å². The molecular formula is C6H13NO3S. The number of rotatable bonds is 4. The Balaban J connectivity index is 3.99. The van der Waals surface area contributed by atoms with E-state index in [4.69, 9.17) is 10.2 Å². The van der Waals surface area contributed by atoms with E-state index in [2.05, 4.69) is 17.9 Å². The van der Waals surface area contributed by atoms with Crippen LogP contribution in [0.15, 0.2) is 0 Å². The molecule has 0 bridgehead atoms. The van der Waals surface area contributed by atoms with Gasteiger partial charge in [0, 0.05) is 5.75 Å². The van der Waals surface area contributed by atoms with Crippen molar-refractivity contribution in [1.29, 1.82) is 0 Å². The molecule has 0 aromatic carbocycles. The van der Waals surface area contributed by atoms with Crippen molar-refractivity contribution >= 4 is 18.6 Å². The molecule has 4 nitrogen and oxygen atoms in total. The number of hydrogen-bond donors (Lipinski definition) is 4. The fourth-order valence-electron chi connectivity index (χ4n) is 0.612. The Kier molecular flexibility index (Phi) is 3.85. The van der Waals surface area contributed by atoms with Crippen LogP contribution in [0.3, 0.4) is 0 Å². The maximum atomic E-state index is 10.4. The predicted molar refractivity (Wildman–Crippen MR) is 44.7 cm³/mol. The first kappa shape index (κ1) is 10.7. The molecule has 0 heterocycles. The summed E-state index contributed by atoms with van der Waals surface area (Å²) < 4.78 is 0. The number of thiol groups is 1. The lowest BCUT2D eigenvalue weighted by Crippen LogP contribution is -2.50. The second-order valence-electron chi connectivity index (χ2n) is 2.78. The van der Waals surface area contributed by atoms with Crippen LogP contribution in [0.5, 0.6) is 0 Å². The molecule has 0 aliphatic rings. The van der Waals surface area contributed by atoms with Gasteiger partial charge in [-0.15, -0.1) is 0 Å². The number of carboxylic acids is 1. The van der Waals surface area contributed by atoms with Crippen LogP contribution in [0, 0.1) is 0 Å². The summed E-state index contributed by atoms with van der Waals surface area (Å²) in [6.07, 6.45) is 0. The van der Waals surface area contributed by atoms with Gasteiger partial charge in [0.15, 0.2) is 0 Å². The highest BCUT2D eigenvalue weighted by molar-refractivity contribution is 7.80. The molecule has 0 saturated heterocycles. The van der Waals surface area contributed by atoms with Gasteiger partial charge in [0.25, 0.3) is 0 Å². The Labute approximate surface area is 71.0 Å². The summed E-state index contributed by atoms with van der Waals surface area (Å²) in [6, 6.07) is -0.807. The minimum Gasteiger partial charge on any atom is -0.480 e. The van der Waals surface area contributed by atoms with Gasteiger partial charge < -0.3 is 10.2 Å². The lowest BCUT2D eigenvalue weighted by molar-refractivity contribution is -0.140. The first-order valence-corrected chi connectivity index (χ1v) is 3.84. The van der Waals surface area contributed by atoms with E-state index in [-0.39, 0.29) is 5.75 Å². The van der Waals surface area contributed by atoms with Crippen molar-refractivity contribution in [3.8, 4) is 0 Å². The lowest BCUT2D eigenvalue weighted by atomic mass is 10.2. The van der Waals surface area contributed by atoms with E-state index < -0.39 is 17.7 Å². The molecule has 1 atom stereocenters. The maximum Gasteiger partial charge on any atom is 0.321 e. The van der Waals surface area contributed by atoms with Crippen LogP contribution in [0.2, 0.25) is 0 Å². The second-order valence-corrected chi connectivity index (χ2v) is 3.14. The molecule has 66 valence electrons. The minimum absolute atomic E-state index is 0.152. The SMILES string of the molecule is CC(C)(O)NC(CS)C(=O)O. The monoisotopic (exact) mass is 179 g/mol. The topological polar surface area (TPSA) is 69.6 Å². The molecule has 11 heavy (non-hydrogen) atoms. The first-order valence-electron chi connectivity index (χ1n) is 3.20. The van der Waals surface area contributed by atoms with Crippen molar-refractivity contribution in [3.05, 3.63) is 0 Å². The highest BCUT2D eigenvalue weighted by Gasteiger charge is 2.22. The number of aliphatic hydroxyl groups is 1. The van der Waals surface area contributed by atoms with E-state index in [9.17, 15) is 4.79 Å². The van der Waals surface area contributed by atoms with Crippen LogP contribution < -0.4 is 5.32 Å². The molecule has 0 fully saturated rings. The number of carbonyl (C=O) groups is 1. The summed E-state index contributed by atoms with van der Waals surface area (Å²) in [7, 11) is 0. The summed E-state index contributed by atoms with van der Waals surface area (Å²) in [6.45, 7) is 2.96. The molecule has 0 aromatic heterocycles. The maximum absolute atomic E-state index is 10.4. The Morgan fingerprint density at radius 3 is 2.27 bits per heavy atom. The van der Waals surface area contributed by atoms with Crippen molar-refractivity contribution in [2.24, 2.45) is 0 Å². The van der Waals surface area contributed by atoms with Gasteiger partial charge in [0.2, 0.25) is 0 Å². The lowest BCUT2D eigenvalue weighted by Gasteiger charge is -2.23. The van der Waals surface area contributed by atoms with Gasteiger partial charge in [-0.2, -0.15) is 12.6 Å². The Morgan fingerprint density at radius 1 is 1.73 bits per heavy atom. The number of carboxylic acid groups (broad SMARTS) is 1. The summed E-state index contributed by atoms with van der Waals surface area (Å²) in [5.41, 5.74) is -1.17. The van der Waals surface area contributed by atoms with E-state index in [1.807, 2.05) is 0 Å². The molecule has 0 radical (unpaired) electrons. The van der Waals surface area contributed by atoms with E-state index in [0.717, 1.165) is 0 Å². The van der Waals surface area contributed by atoms with Gasteiger partial charge in [-0.1, -0.05) is 0 Å². The average Bonchev–Trinajstić information content (AvgIpc) is 1.80. The summed E-state index contributed by atoms with van der Waals surface area (Å²) in [5, 5.41) is 20.2. The van der Waals surface area contributed by atoms with Crippen molar-refractivity contribution in [1.82, 2.24) is 5.32 Å². The fourth-order valence-corrected chi connectivity index (χ4v) is 0.859. The minimum atomic E-state index is -1.17. The predicted octanol–water partition coefficient (Wildman–Crippen LogP) is -0.313. The van der Waals surface area contributed by atoms with E-state index in [1.54, 1.807) is 0 Å². The highest BCUT2D eigenvalue weighted by Crippen LogP contribution is 1.99. The molecule has 0 saturated carbocycles. The van der Waals surface area contributed by atoms with Gasteiger partial charge in [-0.25, -0.2) is 0 Å². The Bertz CT molecular complexity index is 143. The number of hydrogen-bond acceptors (Lipinski definition) is 4. The molecule has 0 rings (SSSR count). The third-order valence-corrected chi connectivity index (χ3v) is 1.37. The number of nitrogens with one attached hydrogen (secondary N) is 1. The molecule has 0 aromatic rings.